The van der Waals surface area contributed by atoms with Crippen molar-refractivity contribution in [3.8, 4) is 0 Å². The van der Waals surface area contributed by atoms with E-state index in [1.165, 1.54) is 12.1 Å². The zero-order valence-electron chi connectivity index (χ0n) is 9.55. The first kappa shape index (κ1) is 12.9. The molecule has 1 unspecified atom stereocenters. The van der Waals surface area contributed by atoms with Gasteiger partial charge in [-0.05, 0) is 25.1 Å². The normalized spacial score (nSPS) is 20.1. The Balaban J connectivity index is 2.36. The molecule has 0 saturated carbocycles. The van der Waals surface area contributed by atoms with Gasteiger partial charge >= 0.3 is 6.18 Å². The number of hydrogen-bond acceptors (Lipinski definition) is 3. The van der Waals surface area contributed by atoms with Crippen LogP contribution < -0.4 is 11.1 Å². The van der Waals surface area contributed by atoms with Crippen LogP contribution in [0.2, 0.25) is 0 Å². The standard InChI is InChI=1S/C12H13F3N2O/c13-12(14,15)9-3-1-2-8(10(9)16)11(18)7-4-5-17-6-7/h1-3,7,17H,4-6,16H2. The second-order valence-corrected chi connectivity index (χ2v) is 4.32. The zero-order valence-corrected chi connectivity index (χ0v) is 9.55. The number of rotatable bonds is 2. The van der Waals surface area contributed by atoms with E-state index in [0.717, 1.165) is 6.07 Å². The van der Waals surface area contributed by atoms with Crippen molar-refractivity contribution in [1.82, 2.24) is 5.32 Å². The SMILES string of the molecule is Nc1c(C(=O)C2CCNC2)cccc1C(F)(F)F. The van der Waals surface area contributed by atoms with Gasteiger partial charge in [0.05, 0.1) is 11.3 Å². The third-order valence-corrected chi connectivity index (χ3v) is 3.11. The van der Waals surface area contributed by atoms with Gasteiger partial charge in [0.25, 0.3) is 0 Å². The van der Waals surface area contributed by atoms with E-state index in [9.17, 15) is 18.0 Å². The van der Waals surface area contributed by atoms with Crippen LogP contribution in [0.4, 0.5) is 18.9 Å². The summed E-state index contributed by atoms with van der Waals surface area (Å²) in [5.41, 5.74) is 4.03. The molecule has 1 atom stereocenters. The Kier molecular flexibility index (Phi) is 3.30. The van der Waals surface area contributed by atoms with Crippen LogP contribution in [0, 0.1) is 5.92 Å². The van der Waals surface area contributed by atoms with E-state index in [-0.39, 0.29) is 17.3 Å². The van der Waals surface area contributed by atoms with Crippen molar-refractivity contribution >= 4 is 11.5 Å². The molecule has 0 aromatic heterocycles. The van der Waals surface area contributed by atoms with Crippen molar-refractivity contribution in [2.75, 3.05) is 18.8 Å². The summed E-state index contributed by atoms with van der Waals surface area (Å²) in [5, 5.41) is 3.00. The van der Waals surface area contributed by atoms with Crippen LogP contribution in [0.3, 0.4) is 0 Å². The summed E-state index contributed by atoms with van der Waals surface area (Å²) in [5.74, 6) is -0.598. The molecule has 1 heterocycles. The highest BCUT2D eigenvalue weighted by Gasteiger charge is 2.35. The lowest BCUT2D eigenvalue weighted by Gasteiger charge is -2.14. The predicted octanol–water partition coefficient (Wildman–Crippen LogP) is 2.08. The number of nitrogen functional groups attached to an aromatic ring is 1. The Bertz CT molecular complexity index is 465. The number of para-hydroxylation sites is 1. The van der Waals surface area contributed by atoms with Gasteiger partial charge in [-0.15, -0.1) is 0 Å². The molecule has 0 bridgehead atoms. The van der Waals surface area contributed by atoms with Crippen LogP contribution in [0.15, 0.2) is 18.2 Å². The van der Waals surface area contributed by atoms with Gasteiger partial charge in [-0.2, -0.15) is 13.2 Å². The van der Waals surface area contributed by atoms with Gasteiger partial charge < -0.3 is 11.1 Å². The second-order valence-electron chi connectivity index (χ2n) is 4.32. The van der Waals surface area contributed by atoms with Gasteiger partial charge in [-0.1, -0.05) is 6.07 Å². The number of hydrogen-bond donors (Lipinski definition) is 2. The summed E-state index contributed by atoms with van der Waals surface area (Å²) >= 11 is 0. The molecular formula is C12H13F3N2O. The molecule has 2 rings (SSSR count). The molecule has 3 N–H and O–H groups in total. The van der Waals surface area contributed by atoms with Crippen molar-refractivity contribution in [1.29, 1.82) is 0 Å². The molecule has 1 saturated heterocycles. The van der Waals surface area contributed by atoms with Crippen molar-refractivity contribution in [2.45, 2.75) is 12.6 Å². The predicted molar refractivity (Wildman–Crippen MR) is 61.2 cm³/mol. The zero-order chi connectivity index (χ0) is 13.3. The Labute approximate surface area is 102 Å². The van der Waals surface area contributed by atoms with Gasteiger partial charge in [0, 0.05) is 18.0 Å². The van der Waals surface area contributed by atoms with E-state index in [1.807, 2.05) is 0 Å². The number of carbonyl (C=O) groups is 1. The molecule has 1 aliphatic rings. The monoisotopic (exact) mass is 258 g/mol. The number of alkyl halides is 3. The van der Waals surface area contributed by atoms with Gasteiger partial charge in [0.15, 0.2) is 5.78 Å². The van der Waals surface area contributed by atoms with Crippen LogP contribution in [0.25, 0.3) is 0 Å². The third-order valence-electron chi connectivity index (χ3n) is 3.11. The fourth-order valence-electron chi connectivity index (χ4n) is 2.13. The van der Waals surface area contributed by atoms with Crippen LogP contribution >= 0.6 is 0 Å². The van der Waals surface area contributed by atoms with Crippen LogP contribution in [0.5, 0.6) is 0 Å². The molecule has 6 heteroatoms. The Morgan fingerprint density at radius 2 is 2.11 bits per heavy atom. The molecule has 1 aromatic rings. The maximum Gasteiger partial charge on any atom is 0.418 e. The number of Topliss-reactive ketones (excluding diaryl/α,β-unsaturated/α-hetero) is 1. The van der Waals surface area contributed by atoms with Crippen molar-refractivity contribution < 1.29 is 18.0 Å². The first-order valence-corrected chi connectivity index (χ1v) is 5.62. The fraction of sp³-hybridized carbons (Fsp3) is 0.417. The van der Waals surface area contributed by atoms with E-state index in [0.29, 0.717) is 19.5 Å². The van der Waals surface area contributed by atoms with E-state index < -0.39 is 17.4 Å². The van der Waals surface area contributed by atoms with E-state index in [2.05, 4.69) is 5.32 Å². The average Bonchev–Trinajstić information content (AvgIpc) is 2.80. The molecule has 3 nitrogen and oxygen atoms in total. The summed E-state index contributed by atoms with van der Waals surface area (Å²) in [6.07, 6.45) is -3.90. The quantitative estimate of drug-likeness (QED) is 0.630. The molecule has 1 aliphatic heterocycles. The van der Waals surface area contributed by atoms with Crippen LogP contribution in [-0.4, -0.2) is 18.9 Å². The van der Waals surface area contributed by atoms with Crippen molar-refractivity contribution in [3.05, 3.63) is 29.3 Å². The third kappa shape index (κ3) is 2.33. The highest BCUT2D eigenvalue weighted by molar-refractivity contribution is 6.03. The first-order chi connectivity index (χ1) is 8.41. The largest absolute Gasteiger partial charge is 0.418 e. The topological polar surface area (TPSA) is 55.1 Å². The molecule has 98 valence electrons. The van der Waals surface area contributed by atoms with E-state index in [1.54, 1.807) is 0 Å². The smallest absolute Gasteiger partial charge is 0.398 e. The number of nitrogens with one attached hydrogen (secondary N) is 1. The highest BCUT2D eigenvalue weighted by atomic mass is 19.4. The number of ketones is 1. The number of nitrogens with two attached hydrogens (primary N) is 1. The van der Waals surface area contributed by atoms with Gasteiger partial charge in [-0.25, -0.2) is 0 Å². The highest BCUT2D eigenvalue weighted by Crippen LogP contribution is 2.35. The number of anilines is 1. The number of benzene rings is 1. The molecule has 0 aliphatic carbocycles. The Hall–Kier alpha value is -1.56. The maximum absolute atomic E-state index is 12.7. The Morgan fingerprint density at radius 1 is 1.39 bits per heavy atom. The van der Waals surface area contributed by atoms with Crippen LogP contribution in [0.1, 0.15) is 22.3 Å². The minimum Gasteiger partial charge on any atom is -0.398 e. The summed E-state index contributed by atoms with van der Waals surface area (Å²) in [6, 6.07) is 3.46. The molecular weight excluding hydrogens is 245 g/mol. The summed E-state index contributed by atoms with van der Waals surface area (Å²) < 4.78 is 38.0. The molecule has 0 spiro atoms. The molecule has 0 amide bonds. The van der Waals surface area contributed by atoms with E-state index in [4.69, 9.17) is 5.73 Å². The minimum absolute atomic E-state index is 0.0291. The van der Waals surface area contributed by atoms with Crippen LogP contribution in [-0.2, 0) is 6.18 Å². The summed E-state index contributed by atoms with van der Waals surface area (Å²) in [4.78, 5) is 12.1. The fourth-order valence-corrected chi connectivity index (χ4v) is 2.13. The minimum atomic E-state index is -4.53. The molecule has 1 fully saturated rings. The lowest BCUT2D eigenvalue weighted by Crippen LogP contribution is -2.20. The second kappa shape index (κ2) is 4.61. The molecule has 1 aromatic carbocycles. The molecule has 18 heavy (non-hydrogen) atoms. The summed E-state index contributed by atoms with van der Waals surface area (Å²) in [6.45, 7) is 1.20. The molecule has 0 radical (unpaired) electrons. The number of carbonyl (C=O) groups excluding carboxylic acids is 1. The summed E-state index contributed by atoms with van der Waals surface area (Å²) in [7, 11) is 0. The van der Waals surface area contributed by atoms with E-state index >= 15 is 0 Å². The average molecular weight is 258 g/mol. The van der Waals surface area contributed by atoms with Crippen molar-refractivity contribution in [3.63, 3.8) is 0 Å². The number of halogens is 3. The first-order valence-electron chi connectivity index (χ1n) is 5.62. The Morgan fingerprint density at radius 3 is 2.67 bits per heavy atom. The van der Waals surface area contributed by atoms with Gasteiger partial charge in [-0.3, -0.25) is 4.79 Å². The lowest BCUT2D eigenvalue weighted by atomic mass is 9.94. The van der Waals surface area contributed by atoms with Gasteiger partial charge in [0.2, 0.25) is 0 Å². The van der Waals surface area contributed by atoms with Gasteiger partial charge in [0.1, 0.15) is 0 Å². The lowest BCUT2D eigenvalue weighted by molar-refractivity contribution is -0.136. The maximum atomic E-state index is 12.7. The van der Waals surface area contributed by atoms with Crippen molar-refractivity contribution in [2.24, 2.45) is 5.92 Å².